The summed E-state index contributed by atoms with van der Waals surface area (Å²) in [5.41, 5.74) is 1.02. The van der Waals surface area contributed by atoms with Crippen molar-refractivity contribution >= 4 is 33.5 Å². The third kappa shape index (κ3) is 2.29. The smallest absolute Gasteiger partial charge is 0.238 e. The summed E-state index contributed by atoms with van der Waals surface area (Å²) in [6, 6.07) is 9.50. The van der Waals surface area contributed by atoms with Crippen molar-refractivity contribution in [2.45, 2.75) is 4.90 Å². The van der Waals surface area contributed by atoms with Crippen LogP contribution in [0.2, 0.25) is 5.02 Å². The number of rotatable bonds is 1. The number of fused-ring (bicyclic) bond motifs is 2. The number of hydrogen-bond acceptors (Lipinski definition) is 4. The van der Waals surface area contributed by atoms with Gasteiger partial charge in [-0.2, -0.15) is 0 Å². The molecule has 0 spiro atoms. The second-order valence-electron chi connectivity index (χ2n) is 4.19. The number of ether oxygens (including phenoxy) is 1. The Bertz CT molecular complexity index is 832. The molecule has 20 heavy (non-hydrogen) atoms. The average Bonchev–Trinajstić information content (AvgIpc) is 2.56. The van der Waals surface area contributed by atoms with Crippen LogP contribution in [0.4, 0.5) is 5.69 Å². The summed E-state index contributed by atoms with van der Waals surface area (Å²) in [4.78, 5) is 4.19. The highest BCUT2D eigenvalue weighted by Crippen LogP contribution is 2.38. The standard InChI is InChI=1S/C13H9ClN2O3S/c14-10-2-1-3-12-9(10)7-16-11-6-8(20(15,17)18)4-5-13(11)19-12/h1-7H,(H2,15,17,18). The summed E-state index contributed by atoms with van der Waals surface area (Å²) < 4.78 is 28.4. The second-order valence-corrected chi connectivity index (χ2v) is 6.16. The van der Waals surface area contributed by atoms with Gasteiger partial charge in [-0.15, -0.1) is 0 Å². The molecule has 2 aromatic rings. The van der Waals surface area contributed by atoms with E-state index in [4.69, 9.17) is 21.5 Å². The predicted molar refractivity (Wildman–Crippen MR) is 76.6 cm³/mol. The lowest BCUT2D eigenvalue weighted by molar-refractivity contribution is 0.484. The Labute approximate surface area is 120 Å². The normalized spacial score (nSPS) is 13.1. The molecule has 2 N–H and O–H groups in total. The van der Waals surface area contributed by atoms with Gasteiger partial charge in [0.25, 0.3) is 0 Å². The molecule has 1 heterocycles. The summed E-state index contributed by atoms with van der Waals surface area (Å²) in [5, 5.41) is 5.60. The van der Waals surface area contributed by atoms with Gasteiger partial charge in [0.1, 0.15) is 11.4 Å². The maximum atomic E-state index is 11.3. The number of benzene rings is 2. The van der Waals surface area contributed by atoms with E-state index in [0.29, 0.717) is 27.8 Å². The maximum Gasteiger partial charge on any atom is 0.238 e. The lowest BCUT2D eigenvalue weighted by Crippen LogP contribution is -2.11. The second kappa shape index (κ2) is 4.59. The molecular formula is C13H9ClN2O3S. The van der Waals surface area contributed by atoms with Gasteiger partial charge in [-0.1, -0.05) is 17.7 Å². The fraction of sp³-hybridized carbons (Fsp3) is 0. The summed E-state index contributed by atoms with van der Waals surface area (Å²) in [6.45, 7) is 0. The summed E-state index contributed by atoms with van der Waals surface area (Å²) >= 11 is 6.07. The molecule has 0 saturated carbocycles. The third-order valence-corrected chi connectivity index (χ3v) is 4.07. The zero-order chi connectivity index (χ0) is 14.3. The quantitative estimate of drug-likeness (QED) is 0.750. The van der Waals surface area contributed by atoms with Gasteiger partial charge in [0.05, 0.1) is 15.5 Å². The first kappa shape index (κ1) is 13.1. The van der Waals surface area contributed by atoms with Crippen LogP contribution in [0, 0.1) is 0 Å². The Morgan fingerprint density at radius 1 is 1.15 bits per heavy atom. The summed E-state index contributed by atoms with van der Waals surface area (Å²) in [5.74, 6) is 0.998. The van der Waals surface area contributed by atoms with E-state index in [1.807, 2.05) is 0 Å². The van der Waals surface area contributed by atoms with Gasteiger partial charge in [-0.3, -0.25) is 4.99 Å². The first-order valence-corrected chi connectivity index (χ1v) is 7.55. The number of primary sulfonamides is 1. The van der Waals surface area contributed by atoms with Crippen LogP contribution in [0.5, 0.6) is 11.5 Å². The molecule has 1 aliphatic rings. The fourth-order valence-electron chi connectivity index (χ4n) is 1.85. The molecule has 0 aromatic heterocycles. The van der Waals surface area contributed by atoms with Crippen molar-refractivity contribution in [3.63, 3.8) is 0 Å². The Hall–Kier alpha value is -1.89. The number of nitrogens with zero attached hydrogens (tertiary/aromatic N) is 1. The summed E-state index contributed by atoms with van der Waals surface area (Å²) in [7, 11) is -3.78. The highest BCUT2D eigenvalue weighted by molar-refractivity contribution is 7.89. The molecule has 2 aromatic carbocycles. The van der Waals surface area contributed by atoms with Gasteiger partial charge in [0, 0.05) is 6.21 Å². The van der Waals surface area contributed by atoms with Crippen molar-refractivity contribution in [3.8, 4) is 11.5 Å². The van der Waals surface area contributed by atoms with Crippen LogP contribution < -0.4 is 9.88 Å². The molecule has 0 saturated heterocycles. The molecule has 0 amide bonds. The van der Waals surface area contributed by atoms with E-state index in [2.05, 4.69) is 4.99 Å². The number of nitrogens with two attached hydrogens (primary N) is 1. The van der Waals surface area contributed by atoms with Crippen LogP contribution in [-0.4, -0.2) is 14.6 Å². The fourth-order valence-corrected chi connectivity index (χ4v) is 2.59. The first-order chi connectivity index (χ1) is 9.45. The van der Waals surface area contributed by atoms with Gasteiger partial charge in [-0.25, -0.2) is 13.6 Å². The van der Waals surface area contributed by atoms with Crippen molar-refractivity contribution in [2.24, 2.45) is 10.1 Å². The zero-order valence-electron chi connectivity index (χ0n) is 10.1. The highest BCUT2D eigenvalue weighted by atomic mass is 35.5. The van der Waals surface area contributed by atoms with Crippen molar-refractivity contribution in [2.75, 3.05) is 0 Å². The summed E-state index contributed by atoms with van der Waals surface area (Å²) in [6.07, 6.45) is 1.54. The molecule has 0 atom stereocenters. The zero-order valence-corrected chi connectivity index (χ0v) is 11.6. The lowest BCUT2D eigenvalue weighted by atomic mass is 10.2. The van der Waals surface area contributed by atoms with E-state index in [1.165, 1.54) is 24.4 Å². The van der Waals surface area contributed by atoms with Gasteiger partial charge in [0.15, 0.2) is 5.75 Å². The van der Waals surface area contributed by atoms with Gasteiger partial charge in [-0.05, 0) is 30.3 Å². The molecular weight excluding hydrogens is 300 g/mol. The van der Waals surface area contributed by atoms with E-state index in [-0.39, 0.29) is 4.90 Å². The van der Waals surface area contributed by atoms with Gasteiger partial charge >= 0.3 is 0 Å². The number of halogens is 1. The Morgan fingerprint density at radius 2 is 1.95 bits per heavy atom. The van der Waals surface area contributed by atoms with E-state index in [1.54, 1.807) is 18.2 Å². The highest BCUT2D eigenvalue weighted by Gasteiger charge is 2.16. The minimum Gasteiger partial charge on any atom is -0.454 e. The SMILES string of the molecule is NS(=O)(=O)c1ccc2c(c1)N=Cc1c(Cl)cccc1O2. The molecule has 0 aliphatic carbocycles. The van der Waals surface area contributed by atoms with Crippen molar-refractivity contribution in [1.29, 1.82) is 0 Å². The van der Waals surface area contributed by atoms with Gasteiger partial charge < -0.3 is 4.74 Å². The molecule has 0 unspecified atom stereocenters. The largest absolute Gasteiger partial charge is 0.454 e. The maximum absolute atomic E-state index is 11.3. The lowest BCUT2D eigenvalue weighted by Gasteiger charge is -2.09. The van der Waals surface area contributed by atoms with E-state index >= 15 is 0 Å². The van der Waals surface area contributed by atoms with Crippen molar-refractivity contribution in [1.82, 2.24) is 0 Å². The third-order valence-electron chi connectivity index (χ3n) is 2.82. The topological polar surface area (TPSA) is 81.8 Å². The van der Waals surface area contributed by atoms with E-state index in [0.717, 1.165) is 0 Å². The van der Waals surface area contributed by atoms with Crippen LogP contribution in [-0.2, 0) is 10.0 Å². The Kier molecular flexibility index (Phi) is 3.01. The Balaban J connectivity index is 2.16. The van der Waals surface area contributed by atoms with Gasteiger partial charge in [0.2, 0.25) is 10.0 Å². The van der Waals surface area contributed by atoms with Crippen molar-refractivity contribution < 1.29 is 13.2 Å². The minimum atomic E-state index is -3.78. The Morgan fingerprint density at radius 3 is 2.70 bits per heavy atom. The molecule has 5 nitrogen and oxygen atoms in total. The average molecular weight is 309 g/mol. The van der Waals surface area contributed by atoms with Crippen LogP contribution >= 0.6 is 11.6 Å². The van der Waals surface area contributed by atoms with Crippen LogP contribution in [0.25, 0.3) is 0 Å². The first-order valence-electron chi connectivity index (χ1n) is 5.62. The van der Waals surface area contributed by atoms with Crippen LogP contribution in [0.15, 0.2) is 46.3 Å². The molecule has 1 aliphatic heterocycles. The number of hydrogen-bond donors (Lipinski definition) is 1. The molecule has 7 heteroatoms. The van der Waals surface area contributed by atoms with Crippen LogP contribution in [0.3, 0.4) is 0 Å². The number of sulfonamides is 1. The van der Waals surface area contributed by atoms with E-state index < -0.39 is 10.0 Å². The monoisotopic (exact) mass is 308 g/mol. The molecule has 0 radical (unpaired) electrons. The van der Waals surface area contributed by atoms with E-state index in [9.17, 15) is 8.42 Å². The predicted octanol–water partition coefficient (Wildman–Crippen LogP) is 2.84. The molecule has 0 bridgehead atoms. The van der Waals surface area contributed by atoms with Crippen LogP contribution in [0.1, 0.15) is 5.56 Å². The molecule has 0 fully saturated rings. The number of aliphatic imine (C=N–C) groups is 1. The van der Waals surface area contributed by atoms with Crippen molar-refractivity contribution in [3.05, 3.63) is 47.0 Å². The minimum absolute atomic E-state index is 0.0194. The molecule has 3 rings (SSSR count). The molecule has 102 valence electrons.